The Kier molecular flexibility index (Phi) is 9.27. The Labute approximate surface area is 228 Å². The van der Waals surface area contributed by atoms with Gasteiger partial charge in [-0.25, -0.2) is 4.99 Å². The zero-order chi connectivity index (χ0) is 27.8. The number of carbonyl (C=O) groups excluding carboxylic acids is 2. The number of nitrogens with one attached hydrogen (secondary N) is 2. The molecule has 39 heavy (non-hydrogen) atoms. The summed E-state index contributed by atoms with van der Waals surface area (Å²) in [7, 11) is 0. The minimum absolute atomic E-state index is 0.0140. The molecule has 2 amide bonds. The zero-order valence-electron chi connectivity index (χ0n) is 22.8. The van der Waals surface area contributed by atoms with Gasteiger partial charge in [0.05, 0.1) is 5.71 Å². The molecule has 1 aliphatic heterocycles. The summed E-state index contributed by atoms with van der Waals surface area (Å²) in [6, 6.07) is 14.7. The fraction of sp³-hybridized carbons (Fsp3) is 0.333. The smallest absolute Gasteiger partial charge is 0.302 e. The summed E-state index contributed by atoms with van der Waals surface area (Å²) in [6.45, 7) is 8.90. The molecule has 204 valence electrons. The highest BCUT2D eigenvalue weighted by Crippen LogP contribution is 2.20. The van der Waals surface area contributed by atoms with Crippen molar-refractivity contribution >= 4 is 34.6 Å². The third kappa shape index (κ3) is 7.20. The second-order valence-corrected chi connectivity index (χ2v) is 9.64. The Balaban J connectivity index is 1.60. The molecule has 1 aliphatic rings. The first-order valence-corrected chi connectivity index (χ1v) is 13.3. The lowest BCUT2D eigenvalue weighted by molar-refractivity contribution is -0.113. The van der Waals surface area contributed by atoms with E-state index < -0.39 is 5.91 Å². The van der Waals surface area contributed by atoms with Gasteiger partial charge in [-0.2, -0.15) is 4.98 Å². The number of nitrogens with zero attached hydrogens (tertiary/aromatic N) is 3. The minimum Gasteiger partial charge on any atom is -0.423 e. The maximum Gasteiger partial charge on any atom is 0.302 e. The van der Waals surface area contributed by atoms with E-state index in [-0.39, 0.29) is 23.3 Å². The van der Waals surface area contributed by atoms with Crippen molar-refractivity contribution < 1.29 is 14.0 Å². The average molecular weight is 529 g/mol. The summed E-state index contributed by atoms with van der Waals surface area (Å²) in [5.41, 5.74) is 10.6. The van der Waals surface area contributed by atoms with E-state index in [1.165, 1.54) is 0 Å². The molecule has 0 spiro atoms. The molecule has 2 heterocycles. The Bertz CT molecular complexity index is 1370. The second kappa shape index (κ2) is 13.0. The Morgan fingerprint density at radius 1 is 1.08 bits per heavy atom. The number of hydrogen-bond acceptors (Lipinski definition) is 7. The van der Waals surface area contributed by atoms with Crippen LogP contribution in [0.3, 0.4) is 0 Å². The molecule has 9 heteroatoms. The minimum atomic E-state index is -0.529. The molecule has 1 aromatic heterocycles. The van der Waals surface area contributed by atoms with Crippen molar-refractivity contribution in [2.45, 2.75) is 40.0 Å². The van der Waals surface area contributed by atoms with Gasteiger partial charge < -0.3 is 20.4 Å². The van der Waals surface area contributed by atoms with Crippen molar-refractivity contribution in [1.29, 1.82) is 0 Å². The number of fused-ring (bicyclic) bond motifs is 1. The maximum absolute atomic E-state index is 13.2. The van der Waals surface area contributed by atoms with Crippen LogP contribution in [0, 0.1) is 0 Å². The van der Waals surface area contributed by atoms with Crippen LogP contribution in [-0.2, 0) is 4.79 Å². The number of oxazole rings is 1. The molecule has 0 atom stereocenters. The normalized spacial score (nSPS) is 15.9. The van der Waals surface area contributed by atoms with Crippen molar-refractivity contribution in [1.82, 2.24) is 15.2 Å². The van der Waals surface area contributed by atoms with Gasteiger partial charge in [0.1, 0.15) is 11.2 Å². The van der Waals surface area contributed by atoms with Crippen LogP contribution in [0.4, 0.5) is 6.01 Å². The number of aromatic nitrogens is 1. The van der Waals surface area contributed by atoms with Crippen molar-refractivity contribution in [3.05, 3.63) is 82.7 Å². The number of carbonyl (C=O) groups is 2. The molecule has 0 unspecified atom stereocenters. The fourth-order valence-electron chi connectivity index (χ4n) is 4.21. The largest absolute Gasteiger partial charge is 0.423 e. The predicted molar refractivity (Wildman–Crippen MR) is 155 cm³/mol. The average Bonchev–Trinajstić information content (AvgIpc) is 3.32. The molecule has 0 bridgehead atoms. The molecular weight excluding hydrogens is 492 g/mol. The van der Waals surface area contributed by atoms with Gasteiger partial charge in [0.15, 0.2) is 5.58 Å². The maximum atomic E-state index is 13.2. The van der Waals surface area contributed by atoms with Crippen LogP contribution in [0.1, 0.15) is 56.0 Å². The van der Waals surface area contributed by atoms with Crippen LogP contribution < -0.4 is 16.4 Å². The van der Waals surface area contributed by atoms with Crippen molar-refractivity contribution in [2.75, 3.05) is 31.5 Å². The van der Waals surface area contributed by atoms with Gasteiger partial charge in [-0.15, -0.1) is 0 Å². The number of anilines is 1. The lowest BCUT2D eigenvalue weighted by atomic mass is 10.0. The van der Waals surface area contributed by atoms with Gasteiger partial charge in [-0.1, -0.05) is 36.8 Å². The number of rotatable bonds is 7. The summed E-state index contributed by atoms with van der Waals surface area (Å²) in [4.78, 5) is 37.2. The molecule has 4 N–H and O–H groups in total. The van der Waals surface area contributed by atoms with Crippen molar-refractivity contribution in [2.24, 2.45) is 10.7 Å². The van der Waals surface area contributed by atoms with E-state index in [0.717, 1.165) is 50.0 Å². The van der Waals surface area contributed by atoms with Crippen LogP contribution in [-0.4, -0.2) is 53.6 Å². The Morgan fingerprint density at radius 3 is 2.54 bits per heavy atom. The molecule has 3 aromatic rings. The number of benzene rings is 2. The van der Waals surface area contributed by atoms with E-state index in [0.29, 0.717) is 28.9 Å². The van der Waals surface area contributed by atoms with Crippen molar-refractivity contribution in [3.63, 3.8) is 0 Å². The van der Waals surface area contributed by atoms with E-state index in [9.17, 15) is 9.59 Å². The molecule has 0 aliphatic carbocycles. The van der Waals surface area contributed by atoms with Gasteiger partial charge in [0.25, 0.3) is 11.8 Å². The highest BCUT2D eigenvalue weighted by Gasteiger charge is 2.19. The van der Waals surface area contributed by atoms with E-state index in [2.05, 4.69) is 20.6 Å². The third-order valence-electron chi connectivity index (χ3n) is 6.58. The van der Waals surface area contributed by atoms with E-state index in [1.54, 1.807) is 19.1 Å². The molecule has 4 rings (SSSR count). The number of nitrogens with two attached hydrogens (primary N) is 1. The Hall–Kier alpha value is -4.24. The highest BCUT2D eigenvalue weighted by atomic mass is 16.4. The van der Waals surface area contributed by atoms with Crippen molar-refractivity contribution in [3.8, 4) is 0 Å². The van der Waals surface area contributed by atoms with E-state index in [4.69, 9.17) is 10.2 Å². The van der Waals surface area contributed by atoms with Crippen LogP contribution in [0.25, 0.3) is 11.1 Å². The highest BCUT2D eigenvalue weighted by molar-refractivity contribution is 6.13. The van der Waals surface area contributed by atoms with Gasteiger partial charge >= 0.3 is 6.01 Å². The monoisotopic (exact) mass is 528 g/mol. The third-order valence-corrected chi connectivity index (χ3v) is 6.58. The van der Waals surface area contributed by atoms with E-state index in [1.807, 2.05) is 61.2 Å². The predicted octanol–water partition coefficient (Wildman–Crippen LogP) is 4.63. The molecule has 1 saturated heterocycles. The standard InChI is InChI=1S/C30H36N6O3/c1-4-20(2)19-25(22-11-13-23(14-12-22)29(38)36-17-8-7-15-32-16-18-36)33-27(21(3)31)28(37)35-30-34-24-9-5-6-10-26(24)39-30/h5-6,9-14,19,32H,4,7-8,15-18,31H2,1-3H3,(H,34,35,37)/b20-19+,27-21+,33-25+. The number of amides is 2. The number of aliphatic imine (C=N–C) groups is 1. The summed E-state index contributed by atoms with van der Waals surface area (Å²) in [6.07, 6.45) is 4.78. The first-order valence-electron chi connectivity index (χ1n) is 13.3. The molecule has 0 saturated carbocycles. The molecular formula is C30H36N6O3. The molecule has 9 nitrogen and oxygen atoms in total. The number of para-hydroxylation sites is 2. The Morgan fingerprint density at radius 2 is 1.82 bits per heavy atom. The van der Waals surface area contributed by atoms with Gasteiger partial charge in [-0.3, -0.25) is 14.9 Å². The molecule has 2 aromatic carbocycles. The van der Waals surface area contributed by atoms with Crippen LogP contribution in [0.2, 0.25) is 0 Å². The second-order valence-electron chi connectivity index (χ2n) is 9.64. The SMILES string of the molecule is CC/C(C)=C/C(=N\C(C(=O)Nc1nc2ccccc2o1)=C(/C)N)c1ccc(C(=O)N2CCCCNCC2)cc1. The lowest BCUT2D eigenvalue weighted by Crippen LogP contribution is -2.39. The quantitative estimate of drug-likeness (QED) is 0.303. The number of hydrogen-bond donors (Lipinski definition) is 3. The van der Waals surface area contributed by atoms with Gasteiger partial charge in [0.2, 0.25) is 0 Å². The molecule has 0 radical (unpaired) electrons. The van der Waals surface area contributed by atoms with Crippen LogP contribution >= 0.6 is 0 Å². The molecule has 1 fully saturated rings. The van der Waals surface area contributed by atoms with Gasteiger partial charge in [0, 0.05) is 36.5 Å². The fourth-order valence-corrected chi connectivity index (χ4v) is 4.21. The van der Waals surface area contributed by atoms with Crippen LogP contribution in [0.15, 0.2) is 81.0 Å². The topological polar surface area (TPSA) is 126 Å². The summed E-state index contributed by atoms with van der Waals surface area (Å²) in [5, 5.41) is 6.03. The van der Waals surface area contributed by atoms with Gasteiger partial charge in [-0.05, 0) is 70.0 Å². The summed E-state index contributed by atoms with van der Waals surface area (Å²) in [5.74, 6) is -0.515. The summed E-state index contributed by atoms with van der Waals surface area (Å²) < 4.78 is 5.63. The summed E-state index contributed by atoms with van der Waals surface area (Å²) >= 11 is 0. The first kappa shape index (κ1) is 27.8. The first-order chi connectivity index (χ1) is 18.9. The number of allylic oxidation sites excluding steroid dienone is 3. The lowest BCUT2D eigenvalue weighted by Gasteiger charge is -2.25. The zero-order valence-corrected chi connectivity index (χ0v) is 22.8. The van der Waals surface area contributed by atoms with E-state index >= 15 is 0 Å². The van der Waals surface area contributed by atoms with Crippen LogP contribution in [0.5, 0.6) is 0 Å².